The van der Waals surface area contributed by atoms with Gasteiger partial charge in [0.25, 0.3) is 5.91 Å². The average Bonchev–Trinajstić information content (AvgIpc) is 2.98. The second kappa shape index (κ2) is 13.3. The molecular formula is C32H37F3N2O4S. The van der Waals surface area contributed by atoms with Gasteiger partial charge in [-0.3, -0.25) is 4.79 Å². The molecule has 4 rings (SSSR count). The highest BCUT2D eigenvalue weighted by Gasteiger charge is 2.32. The molecule has 0 aromatic heterocycles. The van der Waals surface area contributed by atoms with E-state index in [1.165, 1.54) is 0 Å². The number of sulfone groups is 1. The number of anilines is 1. The lowest BCUT2D eigenvalue weighted by Gasteiger charge is -2.41. The van der Waals surface area contributed by atoms with Gasteiger partial charge in [0.15, 0.2) is 9.84 Å². The highest BCUT2D eigenvalue weighted by atomic mass is 32.2. The third-order valence-corrected chi connectivity index (χ3v) is 9.36. The molecule has 10 heteroatoms. The monoisotopic (exact) mass is 602 g/mol. The van der Waals surface area contributed by atoms with Crippen LogP contribution in [-0.2, 0) is 27.3 Å². The number of hydrogen-bond donors (Lipinski definition) is 1. The first kappa shape index (κ1) is 31.6. The molecule has 0 bridgehead atoms. The predicted molar refractivity (Wildman–Crippen MR) is 157 cm³/mol. The topological polar surface area (TPSA) is 75.7 Å². The Morgan fingerprint density at radius 3 is 2.19 bits per heavy atom. The van der Waals surface area contributed by atoms with Gasteiger partial charge in [-0.05, 0) is 86.3 Å². The van der Waals surface area contributed by atoms with Gasteiger partial charge in [-0.1, -0.05) is 31.2 Å². The second-order valence-electron chi connectivity index (χ2n) is 10.9. The number of carbonyl (C=O) groups excluding carboxylic acids is 1. The number of hydrogen-bond acceptors (Lipinski definition) is 5. The van der Waals surface area contributed by atoms with Gasteiger partial charge in [-0.25, -0.2) is 8.42 Å². The van der Waals surface area contributed by atoms with Crippen molar-refractivity contribution in [3.8, 4) is 0 Å². The van der Waals surface area contributed by atoms with E-state index in [9.17, 15) is 26.4 Å². The minimum atomic E-state index is -4.37. The van der Waals surface area contributed by atoms with Crippen LogP contribution >= 0.6 is 0 Å². The van der Waals surface area contributed by atoms with Crippen LogP contribution in [0.15, 0.2) is 77.7 Å². The summed E-state index contributed by atoms with van der Waals surface area (Å²) in [7, 11) is -3.28. The maximum absolute atomic E-state index is 13.1. The van der Waals surface area contributed by atoms with Crippen molar-refractivity contribution < 1.29 is 31.1 Å². The van der Waals surface area contributed by atoms with Crippen LogP contribution in [0.3, 0.4) is 0 Å². The first-order valence-corrected chi connectivity index (χ1v) is 15.8. The zero-order chi connectivity index (χ0) is 30.5. The van der Waals surface area contributed by atoms with Crippen LogP contribution in [0.4, 0.5) is 18.9 Å². The number of rotatable bonds is 10. The van der Waals surface area contributed by atoms with Crippen LogP contribution < -0.4 is 10.2 Å². The van der Waals surface area contributed by atoms with Gasteiger partial charge >= 0.3 is 6.18 Å². The number of amides is 1. The molecule has 2 atom stereocenters. The first-order chi connectivity index (χ1) is 19.9. The third-order valence-electron chi connectivity index (χ3n) is 7.61. The van der Waals surface area contributed by atoms with E-state index in [0.29, 0.717) is 18.7 Å². The fourth-order valence-corrected chi connectivity index (χ4v) is 5.99. The molecule has 3 aromatic rings. The molecule has 226 valence electrons. The largest absolute Gasteiger partial charge is 0.416 e. The van der Waals surface area contributed by atoms with Crippen molar-refractivity contribution in [2.75, 3.05) is 23.8 Å². The van der Waals surface area contributed by atoms with Gasteiger partial charge in [-0.15, -0.1) is 0 Å². The molecule has 1 saturated heterocycles. The lowest BCUT2D eigenvalue weighted by molar-refractivity contribution is -0.137. The molecular weight excluding hydrogens is 565 g/mol. The molecule has 6 nitrogen and oxygen atoms in total. The van der Waals surface area contributed by atoms with Crippen molar-refractivity contribution in [1.29, 1.82) is 0 Å². The summed E-state index contributed by atoms with van der Waals surface area (Å²) in [4.78, 5) is 15.3. The number of halogens is 3. The fourth-order valence-electron chi connectivity index (χ4n) is 5.11. The normalized spacial score (nSPS) is 17.8. The third kappa shape index (κ3) is 7.92. The second-order valence-corrected chi connectivity index (χ2v) is 13.1. The summed E-state index contributed by atoms with van der Waals surface area (Å²) in [6.07, 6.45) is -2.65. The molecule has 3 aromatic carbocycles. The number of nitrogens with one attached hydrogen (secondary N) is 1. The molecule has 1 amide bonds. The summed E-state index contributed by atoms with van der Waals surface area (Å²) in [5.41, 5.74) is 2.39. The Kier molecular flexibility index (Phi) is 9.99. The van der Waals surface area contributed by atoms with Gasteiger partial charge in [0, 0.05) is 30.3 Å². The van der Waals surface area contributed by atoms with Gasteiger partial charge in [0.1, 0.15) is 0 Å². The number of nitrogens with zero attached hydrogens (tertiary/aromatic N) is 1. The SMILES string of the molecule is CCS(=O)(=O)c1ccc(CNC(=O)c2ccc(N3CC(c4ccc(C(F)(F)F)cc4)CC[C@H]3COC(C)C)cc2)cc1. The lowest BCUT2D eigenvalue weighted by Crippen LogP contribution is -2.45. The Labute approximate surface area is 245 Å². The van der Waals surface area contributed by atoms with Gasteiger partial charge in [-0.2, -0.15) is 13.2 Å². The van der Waals surface area contributed by atoms with Crippen molar-refractivity contribution >= 4 is 21.4 Å². The Morgan fingerprint density at radius 2 is 1.62 bits per heavy atom. The molecule has 1 fully saturated rings. The summed E-state index contributed by atoms with van der Waals surface area (Å²) in [6, 6.07) is 19.3. The fraction of sp³-hybridized carbons (Fsp3) is 0.406. The molecule has 0 saturated carbocycles. The Hall–Kier alpha value is -3.37. The summed E-state index contributed by atoms with van der Waals surface area (Å²) in [5.74, 6) is -0.172. The average molecular weight is 603 g/mol. The van der Waals surface area contributed by atoms with Crippen LogP contribution in [-0.4, -0.2) is 45.4 Å². The van der Waals surface area contributed by atoms with Gasteiger partial charge in [0.2, 0.25) is 0 Å². The standard InChI is InChI=1S/C32H37F3N2O4S/c1-4-42(39,40)30-17-5-23(6-18-30)19-36-31(38)25-9-14-28(15-10-25)37-20-26(11-16-29(37)21-41-22(2)3)24-7-12-27(13-8-24)32(33,34)35/h5-10,12-15,17-18,22,26,29H,4,11,16,19-21H2,1-3H3,(H,36,38)/t26?,29-/m0/s1. The minimum absolute atomic E-state index is 0.0255. The zero-order valence-corrected chi connectivity index (χ0v) is 24.8. The first-order valence-electron chi connectivity index (χ1n) is 14.1. The Bertz CT molecular complexity index is 1440. The van der Waals surface area contributed by atoms with Gasteiger partial charge in [0.05, 0.1) is 35.0 Å². The van der Waals surface area contributed by atoms with Crippen molar-refractivity contribution in [3.63, 3.8) is 0 Å². The van der Waals surface area contributed by atoms with E-state index in [1.807, 2.05) is 26.0 Å². The molecule has 1 heterocycles. The predicted octanol–water partition coefficient (Wildman–Crippen LogP) is 6.61. The van der Waals surface area contributed by atoms with Crippen LogP contribution in [0.1, 0.15) is 66.6 Å². The molecule has 42 heavy (non-hydrogen) atoms. The van der Waals surface area contributed by atoms with Gasteiger partial charge < -0.3 is 15.0 Å². The van der Waals surface area contributed by atoms with Crippen molar-refractivity contribution in [3.05, 3.63) is 95.1 Å². The molecule has 0 radical (unpaired) electrons. The summed E-state index contributed by atoms with van der Waals surface area (Å²) in [6.45, 7) is 6.95. The maximum atomic E-state index is 13.1. The van der Waals surface area contributed by atoms with E-state index < -0.39 is 21.6 Å². The highest BCUT2D eigenvalue weighted by molar-refractivity contribution is 7.91. The summed E-state index contributed by atoms with van der Waals surface area (Å²) >= 11 is 0. The quantitative estimate of drug-likeness (QED) is 0.283. The highest BCUT2D eigenvalue weighted by Crippen LogP contribution is 2.36. The van der Waals surface area contributed by atoms with Crippen LogP contribution in [0, 0.1) is 0 Å². The van der Waals surface area contributed by atoms with Crippen LogP contribution in [0.5, 0.6) is 0 Å². The van der Waals surface area contributed by atoms with Crippen molar-refractivity contribution in [2.24, 2.45) is 0 Å². The molecule has 0 spiro atoms. The van der Waals surface area contributed by atoms with E-state index in [4.69, 9.17) is 4.74 Å². The Morgan fingerprint density at radius 1 is 0.976 bits per heavy atom. The zero-order valence-electron chi connectivity index (χ0n) is 24.0. The summed E-state index contributed by atoms with van der Waals surface area (Å²) < 4.78 is 69.1. The molecule has 1 aliphatic rings. The van der Waals surface area contributed by atoms with Crippen LogP contribution in [0.2, 0.25) is 0 Å². The maximum Gasteiger partial charge on any atom is 0.416 e. The van der Waals surface area contributed by atoms with Crippen molar-refractivity contribution in [2.45, 2.75) is 69.3 Å². The smallest absolute Gasteiger partial charge is 0.377 e. The number of ether oxygens (including phenoxy) is 1. The van der Waals surface area contributed by atoms with E-state index in [2.05, 4.69) is 10.2 Å². The minimum Gasteiger partial charge on any atom is -0.377 e. The number of carbonyl (C=O) groups is 1. The van der Waals surface area contributed by atoms with E-state index in [-0.39, 0.29) is 41.2 Å². The molecule has 1 unspecified atom stereocenters. The molecule has 0 aliphatic carbocycles. The number of benzene rings is 3. The van der Waals surface area contributed by atoms with E-state index in [0.717, 1.165) is 41.8 Å². The summed E-state index contributed by atoms with van der Waals surface area (Å²) in [5, 5.41) is 2.87. The van der Waals surface area contributed by atoms with Crippen molar-refractivity contribution in [1.82, 2.24) is 5.32 Å². The molecule has 1 aliphatic heterocycles. The number of alkyl halides is 3. The lowest BCUT2D eigenvalue weighted by atomic mass is 9.86. The van der Waals surface area contributed by atoms with Crippen LogP contribution in [0.25, 0.3) is 0 Å². The number of piperidine rings is 1. The molecule has 1 N–H and O–H groups in total. The van der Waals surface area contributed by atoms with E-state index in [1.54, 1.807) is 55.5 Å². The Balaban J connectivity index is 1.44. The van der Waals surface area contributed by atoms with E-state index >= 15 is 0 Å².